The van der Waals surface area contributed by atoms with E-state index in [1.807, 2.05) is 6.07 Å². The summed E-state index contributed by atoms with van der Waals surface area (Å²) in [6.07, 6.45) is 1.73. The summed E-state index contributed by atoms with van der Waals surface area (Å²) in [5.41, 5.74) is 0.681. The Hall–Kier alpha value is -2.42. The first kappa shape index (κ1) is 16.9. The van der Waals surface area contributed by atoms with Crippen LogP contribution in [0.1, 0.15) is 24.8 Å². The number of nitrogens with one attached hydrogen (secondary N) is 1. The third kappa shape index (κ3) is 5.37. The fourth-order valence-corrected chi connectivity index (χ4v) is 2.71. The molecular weight excluding hydrogens is 297 g/mol. The van der Waals surface area contributed by atoms with Gasteiger partial charge >= 0.3 is 0 Å². The van der Waals surface area contributed by atoms with Crippen LogP contribution in [0.25, 0.3) is 0 Å². The van der Waals surface area contributed by atoms with Gasteiger partial charge in [0.25, 0.3) is 0 Å². The average Bonchev–Trinajstić information content (AvgIpc) is 2.54. The minimum atomic E-state index is -0.331. The maximum Gasteiger partial charge on any atom is 0.234 e. The van der Waals surface area contributed by atoms with Crippen molar-refractivity contribution in [3.05, 3.63) is 35.6 Å². The SMILES string of the molecule is N#CCC(=O)NCC1CCN(C(=O)Cc2cccc(F)c2)CC1. The topological polar surface area (TPSA) is 73.2 Å². The Morgan fingerprint density at radius 3 is 2.74 bits per heavy atom. The Bertz CT molecular complexity index is 604. The van der Waals surface area contributed by atoms with E-state index in [1.54, 1.807) is 17.0 Å². The van der Waals surface area contributed by atoms with E-state index in [1.165, 1.54) is 12.1 Å². The van der Waals surface area contributed by atoms with E-state index < -0.39 is 0 Å². The van der Waals surface area contributed by atoms with Gasteiger partial charge < -0.3 is 10.2 Å². The van der Waals surface area contributed by atoms with Crippen LogP contribution in [0.4, 0.5) is 4.39 Å². The Kier molecular flexibility index (Phi) is 6.10. The molecule has 0 aliphatic carbocycles. The summed E-state index contributed by atoms with van der Waals surface area (Å²) in [5, 5.41) is 11.2. The monoisotopic (exact) mass is 317 g/mol. The number of piperidine rings is 1. The van der Waals surface area contributed by atoms with Gasteiger partial charge in [0, 0.05) is 19.6 Å². The maximum absolute atomic E-state index is 13.1. The summed E-state index contributed by atoms with van der Waals surface area (Å²) in [7, 11) is 0. The van der Waals surface area contributed by atoms with Gasteiger partial charge in [-0.2, -0.15) is 5.26 Å². The third-order valence-corrected chi connectivity index (χ3v) is 4.04. The number of halogens is 1. The molecule has 1 heterocycles. The zero-order valence-electron chi connectivity index (χ0n) is 12.9. The van der Waals surface area contributed by atoms with Crippen molar-refractivity contribution in [3.63, 3.8) is 0 Å². The van der Waals surface area contributed by atoms with Gasteiger partial charge in [0.1, 0.15) is 12.2 Å². The van der Waals surface area contributed by atoms with Gasteiger partial charge in [-0.3, -0.25) is 9.59 Å². The molecule has 1 N–H and O–H groups in total. The van der Waals surface area contributed by atoms with E-state index >= 15 is 0 Å². The summed E-state index contributed by atoms with van der Waals surface area (Å²) in [4.78, 5) is 25.3. The average molecular weight is 317 g/mol. The number of hydrogen-bond acceptors (Lipinski definition) is 3. The number of carbonyl (C=O) groups excluding carboxylic acids is 2. The van der Waals surface area contributed by atoms with Gasteiger partial charge in [0.2, 0.25) is 11.8 Å². The molecule has 6 heteroatoms. The molecule has 23 heavy (non-hydrogen) atoms. The predicted molar refractivity (Wildman–Crippen MR) is 82.6 cm³/mol. The molecule has 1 aliphatic rings. The van der Waals surface area contributed by atoms with Crippen LogP contribution in [0.5, 0.6) is 0 Å². The van der Waals surface area contributed by atoms with E-state index in [-0.39, 0.29) is 30.5 Å². The van der Waals surface area contributed by atoms with E-state index in [9.17, 15) is 14.0 Å². The molecule has 0 radical (unpaired) electrons. The molecule has 1 saturated heterocycles. The molecule has 0 bridgehead atoms. The second kappa shape index (κ2) is 8.28. The van der Waals surface area contributed by atoms with Crippen LogP contribution in [-0.2, 0) is 16.0 Å². The Labute approximate surface area is 135 Å². The van der Waals surface area contributed by atoms with Gasteiger partial charge in [-0.05, 0) is 36.5 Å². The van der Waals surface area contributed by atoms with Crippen molar-refractivity contribution in [2.24, 2.45) is 5.92 Å². The molecule has 0 spiro atoms. The number of hydrogen-bond donors (Lipinski definition) is 1. The number of carbonyl (C=O) groups is 2. The van der Waals surface area contributed by atoms with Crippen LogP contribution in [0.3, 0.4) is 0 Å². The smallest absolute Gasteiger partial charge is 0.234 e. The Morgan fingerprint density at radius 1 is 1.35 bits per heavy atom. The van der Waals surface area contributed by atoms with Gasteiger partial charge in [0.15, 0.2) is 0 Å². The van der Waals surface area contributed by atoms with E-state index in [2.05, 4.69) is 5.32 Å². The summed E-state index contributed by atoms with van der Waals surface area (Å²) in [5.74, 6) is -0.252. The van der Waals surface area contributed by atoms with Crippen LogP contribution in [0, 0.1) is 23.1 Å². The van der Waals surface area contributed by atoms with E-state index in [0.717, 1.165) is 12.8 Å². The first-order valence-electron chi connectivity index (χ1n) is 7.74. The normalized spacial score (nSPS) is 15.0. The van der Waals surface area contributed by atoms with Crippen molar-refractivity contribution in [3.8, 4) is 6.07 Å². The van der Waals surface area contributed by atoms with Crippen LogP contribution in [0.15, 0.2) is 24.3 Å². The van der Waals surface area contributed by atoms with Crippen molar-refractivity contribution in [2.75, 3.05) is 19.6 Å². The molecule has 1 aromatic carbocycles. The van der Waals surface area contributed by atoms with Gasteiger partial charge in [-0.1, -0.05) is 12.1 Å². The molecule has 2 rings (SSSR count). The van der Waals surface area contributed by atoms with Crippen LogP contribution in [0.2, 0.25) is 0 Å². The first-order valence-corrected chi connectivity index (χ1v) is 7.74. The van der Waals surface area contributed by atoms with Gasteiger partial charge in [-0.15, -0.1) is 0 Å². The molecule has 2 amide bonds. The number of likely N-dealkylation sites (tertiary alicyclic amines) is 1. The number of nitrogens with zero attached hydrogens (tertiary/aromatic N) is 2. The lowest BCUT2D eigenvalue weighted by molar-refractivity contribution is -0.132. The zero-order valence-corrected chi connectivity index (χ0v) is 12.9. The lowest BCUT2D eigenvalue weighted by Crippen LogP contribution is -2.42. The lowest BCUT2D eigenvalue weighted by Gasteiger charge is -2.32. The highest BCUT2D eigenvalue weighted by Crippen LogP contribution is 2.17. The second-order valence-electron chi connectivity index (χ2n) is 5.77. The highest BCUT2D eigenvalue weighted by molar-refractivity contribution is 5.79. The first-order chi connectivity index (χ1) is 11.1. The quantitative estimate of drug-likeness (QED) is 0.897. The van der Waals surface area contributed by atoms with Crippen molar-refractivity contribution in [1.82, 2.24) is 10.2 Å². The van der Waals surface area contributed by atoms with Crippen molar-refractivity contribution in [1.29, 1.82) is 5.26 Å². The van der Waals surface area contributed by atoms with Gasteiger partial charge in [0.05, 0.1) is 12.5 Å². The molecule has 5 nitrogen and oxygen atoms in total. The number of benzene rings is 1. The molecule has 1 fully saturated rings. The summed E-state index contributed by atoms with van der Waals surface area (Å²) in [6, 6.07) is 7.91. The summed E-state index contributed by atoms with van der Waals surface area (Å²) in [6.45, 7) is 1.84. The third-order valence-electron chi connectivity index (χ3n) is 4.04. The molecule has 1 aromatic rings. The summed E-state index contributed by atoms with van der Waals surface area (Å²) < 4.78 is 13.1. The number of rotatable bonds is 5. The van der Waals surface area contributed by atoms with Crippen molar-refractivity contribution < 1.29 is 14.0 Å². The molecule has 0 saturated carbocycles. The van der Waals surface area contributed by atoms with E-state index in [4.69, 9.17) is 5.26 Å². The minimum absolute atomic E-state index is 0.00238. The Balaban J connectivity index is 1.74. The van der Waals surface area contributed by atoms with Crippen LogP contribution >= 0.6 is 0 Å². The Morgan fingerprint density at radius 2 is 2.09 bits per heavy atom. The van der Waals surface area contributed by atoms with Crippen LogP contribution < -0.4 is 5.32 Å². The lowest BCUT2D eigenvalue weighted by atomic mass is 9.96. The summed E-state index contributed by atoms with van der Waals surface area (Å²) >= 11 is 0. The van der Waals surface area contributed by atoms with E-state index in [0.29, 0.717) is 31.1 Å². The predicted octanol–water partition coefficient (Wildman–Crippen LogP) is 1.64. The number of amides is 2. The highest BCUT2D eigenvalue weighted by Gasteiger charge is 2.23. The molecule has 1 aliphatic heterocycles. The number of nitriles is 1. The molecular formula is C17H20FN3O2. The van der Waals surface area contributed by atoms with Crippen LogP contribution in [-0.4, -0.2) is 36.3 Å². The molecule has 0 unspecified atom stereocenters. The second-order valence-corrected chi connectivity index (χ2v) is 5.77. The van der Waals surface area contributed by atoms with Crippen molar-refractivity contribution >= 4 is 11.8 Å². The highest BCUT2D eigenvalue weighted by atomic mass is 19.1. The largest absolute Gasteiger partial charge is 0.355 e. The van der Waals surface area contributed by atoms with Crippen molar-refractivity contribution in [2.45, 2.75) is 25.7 Å². The molecule has 0 aromatic heterocycles. The maximum atomic E-state index is 13.1. The zero-order chi connectivity index (χ0) is 16.7. The standard InChI is InChI=1S/C17H20FN3O2/c18-15-3-1-2-14(10-15)11-17(23)21-8-5-13(6-9-21)12-20-16(22)4-7-19/h1-3,10,13H,4-6,8-9,11-12H2,(H,20,22). The fourth-order valence-electron chi connectivity index (χ4n) is 2.71. The minimum Gasteiger partial charge on any atom is -0.355 e. The molecule has 0 atom stereocenters. The fraction of sp³-hybridized carbons (Fsp3) is 0.471. The molecule has 122 valence electrons. The van der Waals surface area contributed by atoms with Gasteiger partial charge in [-0.25, -0.2) is 4.39 Å².